The Kier molecular flexibility index (Phi) is 2.52. The minimum atomic E-state index is -0.0444. The summed E-state index contributed by atoms with van der Waals surface area (Å²) >= 11 is 0. The number of hydrogen-bond acceptors (Lipinski definition) is 4. The second-order valence-electron chi connectivity index (χ2n) is 3.62. The molecular weight excluding hydrogens is 180 g/mol. The highest BCUT2D eigenvalue weighted by molar-refractivity contribution is 5.92. The summed E-state index contributed by atoms with van der Waals surface area (Å²) in [6.07, 6.45) is 5.07. The van der Waals surface area contributed by atoms with Crippen molar-refractivity contribution in [2.45, 2.75) is 26.2 Å². The lowest BCUT2D eigenvalue weighted by molar-refractivity contribution is 0.101. The Morgan fingerprint density at radius 1 is 1.43 bits per heavy atom. The highest BCUT2D eigenvalue weighted by atomic mass is 16.4. The third-order valence-electron chi connectivity index (χ3n) is 2.48. The average molecular weight is 194 g/mol. The molecule has 1 fully saturated rings. The third-order valence-corrected chi connectivity index (χ3v) is 2.48. The molecule has 14 heavy (non-hydrogen) atoms. The summed E-state index contributed by atoms with van der Waals surface area (Å²) in [4.78, 5) is 17.2. The zero-order valence-electron chi connectivity index (χ0n) is 8.32. The number of rotatable bonds is 2. The Labute approximate surface area is 82.9 Å². The molecule has 0 aliphatic carbocycles. The van der Waals surface area contributed by atoms with Crippen molar-refractivity contribution in [2.75, 3.05) is 18.0 Å². The van der Waals surface area contributed by atoms with E-state index in [1.165, 1.54) is 32.4 Å². The second kappa shape index (κ2) is 3.82. The summed E-state index contributed by atoms with van der Waals surface area (Å²) < 4.78 is 5.26. The first-order valence-electron chi connectivity index (χ1n) is 4.99. The molecule has 2 heterocycles. The highest BCUT2D eigenvalue weighted by Crippen LogP contribution is 2.18. The molecule has 0 aromatic carbocycles. The maximum absolute atomic E-state index is 11.0. The van der Waals surface area contributed by atoms with Crippen LogP contribution in [0.15, 0.2) is 10.7 Å². The predicted molar refractivity (Wildman–Crippen MR) is 52.6 cm³/mol. The van der Waals surface area contributed by atoms with E-state index in [9.17, 15) is 4.79 Å². The molecule has 1 aliphatic heterocycles. The van der Waals surface area contributed by atoms with Crippen LogP contribution in [0.2, 0.25) is 0 Å². The zero-order valence-corrected chi connectivity index (χ0v) is 8.32. The van der Waals surface area contributed by atoms with E-state index >= 15 is 0 Å². The fraction of sp³-hybridized carbons (Fsp3) is 0.600. The van der Waals surface area contributed by atoms with E-state index < -0.39 is 0 Å². The van der Waals surface area contributed by atoms with Crippen LogP contribution in [-0.2, 0) is 0 Å². The quantitative estimate of drug-likeness (QED) is 0.674. The van der Waals surface area contributed by atoms with Crippen molar-refractivity contribution in [1.82, 2.24) is 4.98 Å². The van der Waals surface area contributed by atoms with Gasteiger partial charge in [-0.25, -0.2) is 0 Å². The Bertz CT molecular complexity index is 327. The average Bonchev–Trinajstić information content (AvgIpc) is 2.68. The third kappa shape index (κ3) is 1.78. The largest absolute Gasteiger partial charge is 0.431 e. The van der Waals surface area contributed by atoms with Crippen molar-refractivity contribution in [3.05, 3.63) is 12.0 Å². The summed E-state index contributed by atoms with van der Waals surface area (Å²) in [5.41, 5.74) is 0.422. The summed E-state index contributed by atoms with van der Waals surface area (Å²) in [5, 5.41) is 0. The van der Waals surface area contributed by atoms with E-state index in [4.69, 9.17) is 4.42 Å². The zero-order chi connectivity index (χ0) is 9.97. The first kappa shape index (κ1) is 9.24. The van der Waals surface area contributed by atoms with Gasteiger partial charge in [0, 0.05) is 20.0 Å². The van der Waals surface area contributed by atoms with Crippen LogP contribution >= 0.6 is 0 Å². The smallest absolute Gasteiger partial charge is 0.297 e. The number of ketones is 1. The highest BCUT2D eigenvalue weighted by Gasteiger charge is 2.16. The molecule has 4 nitrogen and oxygen atoms in total. The second-order valence-corrected chi connectivity index (χ2v) is 3.62. The molecule has 0 spiro atoms. The van der Waals surface area contributed by atoms with Gasteiger partial charge < -0.3 is 9.32 Å². The molecule has 0 bridgehead atoms. The molecule has 0 N–H and O–H groups in total. The van der Waals surface area contributed by atoms with E-state index in [1.54, 1.807) is 0 Å². The van der Waals surface area contributed by atoms with E-state index in [1.807, 2.05) is 0 Å². The van der Waals surface area contributed by atoms with E-state index in [2.05, 4.69) is 9.88 Å². The van der Waals surface area contributed by atoms with Gasteiger partial charge in [0.25, 0.3) is 6.01 Å². The first-order chi connectivity index (χ1) is 6.77. The van der Waals surface area contributed by atoms with Gasteiger partial charge in [0.2, 0.25) is 0 Å². The van der Waals surface area contributed by atoms with Crippen molar-refractivity contribution >= 4 is 11.8 Å². The van der Waals surface area contributed by atoms with Gasteiger partial charge in [-0.1, -0.05) is 0 Å². The van der Waals surface area contributed by atoms with Crippen LogP contribution in [-0.4, -0.2) is 23.9 Å². The lowest BCUT2D eigenvalue weighted by Gasteiger charge is -2.24. The topological polar surface area (TPSA) is 46.3 Å². The van der Waals surface area contributed by atoms with Crippen LogP contribution < -0.4 is 4.90 Å². The van der Waals surface area contributed by atoms with Crippen molar-refractivity contribution in [3.63, 3.8) is 0 Å². The Balaban J connectivity index is 2.11. The molecule has 1 aliphatic rings. The maximum atomic E-state index is 11.0. The van der Waals surface area contributed by atoms with Crippen LogP contribution in [0.1, 0.15) is 36.7 Å². The number of carbonyl (C=O) groups excluding carboxylic acids is 1. The van der Waals surface area contributed by atoms with Crippen LogP contribution in [0.3, 0.4) is 0 Å². The van der Waals surface area contributed by atoms with Crippen LogP contribution in [0, 0.1) is 0 Å². The molecule has 0 unspecified atom stereocenters. The fourth-order valence-electron chi connectivity index (χ4n) is 1.66. The summed E-state index contributed by atoms with van der Waals surface area (Å²) in [6.45, 7) is 3.47. The van der Waals surface area contributed by atoms with Crippen molar-refractivity contribution in [2.24, 2.45) is 0 Å². The summed E-state index contributed by atoms with van der Waals surface area (Å²) in [6, 6.07) is 0.592. The van der Waals surface area contributed by atoms with Gasteiger partial charge in [-0.05, 0) is 19.3 Å². The van der Waals surface area contributed by atoms with Gasteiger partial charge in [0.05, 0.1) is 0 Å². The monoisotopic (exact) mass is 194 g/mol. The molecule has 0 atom stereocenters. The molecule has 1 aromatic rings. The number of nitrogens with zero attached hydrogens (tertiary/aromatic N) is 2. The van der Waals surface area contributed by atoms with E-state index in [-0.39, 0.29) is 5.78 Å². The predicted octanol–water partition coefficient (Wildman–Crippen LogP) is 1.87. The number of oxazole rings is 1. The minimum absolute atomic E-state index is 0.0444. The Hall–Kier alpha value is -1.32. The number of aromatic nitrogens is 1. The van der Waals surface area contributed by atoms with Crippen molar-refractivity contribution < 1.29 is 9.21 Å². The van der Waals surface area contributed by atoms with Crippen molar-refractivity contribution in [1.29, 1.82) is 0 Å². The first-order valence-corrected chi connectivity index (χ1v) is 4.99. The summed E-state index contributed by atoms with van der Waals surface area (Å²) in [5.74, 6) is -0.0444. The van der Waals surface area contributed by atoms with E-state index in [0.717, 1.165) is 13.1 Å². The van der Waals surface area contributed by atoms with Crippen LogP contribution in [0.5, 0.6) is 0 Å². The molecule has 1 aromatic heterocycles. The normalized spacial score (nSPS) is 17.1. The lowest BCUT2D eigenvalue weighted by Crippen LogP contribution is -2.29. The Morgan fingerprint density at radius 3 is 2.71 bits per heavy atom. The van der Waals surface area contributed by atoms with Gasteiger partial charge in [-0.2, -0.15) is 4.98 Å². The number of piperidine rings is 1. The molecule has 2 rings (SSSR count). The number of carbonyl (C=O) groups is 1. The Morgan fingerprint density at radius 2 is 2.14 bits per heavy atom. The molecule has 0 radical (unpaired) electrons. The van der Waals surface area contributed by atoms with Gasteiger partial charge in [-0.15, -0.1) is 0 Å². The molecule has 4 heteroatoms. The number of Topliss-reactive ketones (excluding diaryl/α,β-unsaturated/α-hetero) is 1. The van der Waals surface area contributed by atoms with Crippen LogP contribution in [0.4, 0.5) is 6.01 Å². The van der Waals surface area contributed by atoms with Gasteiger partial charge in [0.15, 0.2) is 5.78 Å². The number of anilines is 1. The van der Waals surface area contributed by atoms with Crippen LogP contribution in [0.25, 0.3) is 0 Å². The van der Waals surface area contributed by atoms with Crippen molar-refractivity contribution in [3.8, 4) is 0 Å². The lowest BCUT2D eigenvalue weighted by atomic mass is 10.1. The molecule has 1 saturated heterocycles. The van der Waals surface area contributed by atoms with Gasteiger partial charge in [0.1, 0.15) is 12.0 Å². The molecular formula is C10H14N2O2. The molecule has 76 valence electrons. The summed E-state index contributed by atoms with van der Waals surface area (Å²) in [7, 11) is 0. The SMILES string of the molecule is CC(=O)c1coc(N2CCCCC2)n1. The molecule has 0 amide bonds. The van der Waals surface area contributed by atoms with Gasteiger partial charge >= 0.3 is 0 Å². The van der Waals surface area contributed by atoms with Gasteiger partial charge in [-0.3, -0.25) is 4.79 Å². The maximum Gasteiger partial charge on any atom is 0.297 e. The standard InChI is InChI=1S/C10H14N2O2/c1-8(13)9-7-14-10(11-9)12-5-3-2-4-6-12/h7H,2-6H2,1H3. The minimum Gasteiger partial charge on any atom is -0.431 e. The van der Waals surface area contributed by atoms with E-state index in [0.29, 0.717) is 11.7 Å². The molecule has 0 saturated carbocycles. The number of hydrogen-bond donors (Lipinski definition) is 0. The fourth-order valence-corrected chi connectivity index (χ4v) is 1.66.